The molecule has 0 aromatic heterocycles. The average molecular weight is 351 g/mol. The molecule has 2 amide bonds. The summed E-state index contributed by atoms with van der Waals surface area (Å²) in [7, 11) is 0. The largest absolute Gasteiger partial charge is 0.322 e. The predicted molar refractivity (Wildman–Crippen MR) is 107 cm³/mol. The van der Waals surface area contributed by atoms with Crippen molar-refractivity contribution >= 4 is 11.7 Å². The van der Waals surface area contributed by atoms with Gasteiger partial charge in [-0.2, -0.15) is 0 Å². The minimum atomic E-state index is 0.00719. The van der Waals surface area contributed by atoms with E-state index >= 15 is 0 Å². The zero-order chi connectivity index (χ0) is 18.5. The summed E-state index contributed by atoms with van der Waals surface area (Å²) in [5, 5.41) is 3.11. The summed E-state index contributed by atoms with van der Waals surface area (Å²) < 4.78 is 0. The van der Waals surface area contributed by atoms with Crippen molar-refractivity contribution < 1.29 is 4.79 Å². The molecule has 26 heavy (non-hydrogen) atoms. The van der Waals surface area contributed by atoms with Gasteiger partial charge in [-0.15, -0.1) is 0 Å². The predicted octanol–water partition coefficient (Wildman–Crippen LogP) is 4.43. The fraction of sp³-hybridized carbons (Fsp3) is 0.409. The molecule has 2 aromatic carbocycles. The van der Waals surface area contributed by atoms with Gasteiger partial charge in [0.2, 0.25) is 0 Å². The van der Waals surface area contributed by atoms with Crippen LogP contribution in [0.1, 0.15) is 30.0 Å². The lowest BCUT2D eigenvalue weighted by Gasteiger charge is -2.28. The summed E-state index contributed by atoms with van der Waals surface area (Å²) in [6.07, 6.45) is 1.03. The number of hydrogen-bond donors (Lipinski definition) is 1. The van der Waals surface area contributed by atoms with E-state index in [1.165, 1.54) is 11.1 Å². The summed E-state index contributed by atoms with van der Waals surface area (Å²) in [5.74, 6) is 0. The van der Waals surface area contributed by atoms with Crippen molar-refractivity contribution in [3.63, 3.8) is 0 Å². The Balaban J connectivity index is 1.61. The number of benzene rings is 2. The van der Waals surface area contributed by atoms with Gasteiger partial charge in [-0.1, -0.05) is 42.5 Å². The first-order valence-corrected chi connectivity index (χ1v) is 9.48. The number of aryl methyl sites for hydroxylation is 1. The Morgan fingerprint density at radius 2 is 1.92 bits per heavy atom. The lowest BCUT2D eigenvalue weighted by molar-refractivity contribution is 0.189. The smallest absolute Gasteiger partial charge is 0.320 e. The van der Waals surface area contributed by atoms with E-state index in [0.717, 1.165) is 43.9 Å². The molecule has 0 radical (unpaired) electrons. The first-order chi connectivity index (χ1) is 12.6. The van der Waals surface area contributed by atoms with Crippen molar-refractivity contribution in [2.75, 3.05) is 25.0 Å². The van der Waals surface area contributed by atoms with Gasteiger partial charge in [0.25, 0.3) is 0 Å². The second-order valence-electron chi connectivity index (χ2n) is 7.13. The SMILES string of the molecule is CCN(C(=O)Nc1cccc(C)c1C)C1CCN(Cc2ccccc2)C1. The lowest BCUT2D eigenvalue weighted by atomic mass is 10.1. The van der Waals surface area contributed by atoms with Crippen molar-refractivity contribution in [1.82, 2.24) is 9.80 Å². The number of hydrogen-bond acceptors (Lipinski definition) is 2. The van der Waals surface area contributed by atoms with Crippen LogP contribution in [0.5, 0.6) is 0 Å². The molecule has 1 aliphatic heterocycles. The molecule has 1 N–H and O–H groups in total. The number of nitrogens with zero attached hydrogens (tertiary/aromatic N) is 2. The fourth-order valence-corrected chi connectivity index (χ4v) is 3.69. The molecular formula is C22H29N3O. The van der Waals surface area contributed by atoms with E-state index in [1.807, 2.05) is 23.1 Å². The van der Waals surface area contributed by atoms with Crippen molar-refractivity contribution in [2.24, 2.45) is 0 Å². The Bertz CT molecular complexity index is 744. The van der Waals surface area contributed by atoms with Crippen LogP contribution in [-0.2, 0) is 6.54 Å². The normalized spacial score (nSPS) is 17.3. The number of nitrogens with one attached hydrogen (secondary N) is 1. The minimum Gasteiger partial charge on any atom is -0.320 e. The van der Waals surface area contributed by atoms with Crippen LogP contribution in [0, 0.1) is 13.8 Å². The minimum absolute atomic E-state index is 0.00719. The summed E-state index contributed by atoms with van der Waals surface area (Å²) in [6.45, 7) is 9.83. The zero-order valence-electron chi connectivity index (χ0n) is 16.0. The second-order valence-corrected chi connectivity index (χ2v) is 7.13. The van der Waals surface area contributed by atoms with E-state index in [4.69, 9.17) is 0 Å². The Kier molecular flexibility index (Phi) is 5.94. The van der Waals surface area contributed by atoms with E-state index in [1.54, 1.807) is 0 Å². The van der Waals surface area contributed by atoms with Crippen LogP contribution in [-0.4, -0.2) is 41.5 Å². The highest BCUT2D eigenvalue weighted by atomic mass is 16.2. The maximum absolute atomic E-state index is 12.9. The molecule has 1 fully saturated rings. The standard InChI is InChI=1S/C22H29N3O/c1-4-25(22(26)23-21-12-8-9-17(2)18(21)3)20-13-14-24(16-20)15-19-10-6-5-7-11-19/h5-12,20H,4,13-16H2,1-3H3,(H,23,26). The van der Waals surface area contributed by atoms with Gasteiger partial charge >= 0.3 is 6.03 Å². The molecule has 3 rings (SSSR count). The highest BCUT2D eigenvalue weighted by Crippen LogP contribution is 2.22. The van der Waals surface area contributed by atoms with E-state index in [2.05, 4.69) is 61.3 Å². The first kappa shape index (κ1) is 18.5. The maximum atomic E-state index is 12.9. The van der Waals surface area contributed by atoms with Gasteiger partial charge in [-0.3, -0.25) is 4.90 Å². The Morgan fingerprint density at radius 1 is 1.15 bits per heavy atom. The Morgan fingerprint density at radius 3 is 2.65 bits per heavy atom. The molecule has 0 spiro atoms. The van der Waals surface area contributed by atoms with E-state index in [9.17, 15) is 4.79 Å². The molecule has 0 bridgehead atoms. The number of rotatable bonds is 5. The molecule has 0 aliphatic carbocycles. The van der Waals surface area contributed by atoms with Crippen molar-refractivity contribution in [2.45, 2.75) is 39.8 Å². The van der Waals surface area contributed by atoms with Crippen molar-refractivity contribution in [3.05, 3.63) is 65.2 Å². The molecule has 138 valence electrons. The summed E-state index contributed by atoms with van der Waals surface area (Å²) in [5.41, 5.74) is 4.57. The van der Waals surface area contributed by atoms with Crippen LogP contribution in [0.4, 0.5) is 10.5 Å². The molecule has 2 aromatic rings. The number of likely N-dealkylation sites (N-methyl/N-ethyl adjacent to an activating group) is 1. The van der Waals surface area contributed by atoms with Crippen LogP contribution in [0.2, 0.25) is 0 Å². The third kappa shape index (κ3) is 4.25. The van der Waals surface area contributed by atoms with E-state index in [-0.39, 0.29) is 12.1 Å². The molecule has 4 nitrogen and oxygen atoms in total. The molecule has 1 atom stereocenters. The topological polar surface area (TPSA) is 35.6 Å². The number of likely N-dealkylation sites (tertiary alicyclic amines) is 1. The first-order valence-electron chi connectivity index (χ1n) is 9.48. The molecule has 1 unspecified atom stereocenters. The number of urea groups is 1. The molecule has 4 heteroatoms. The summed E-state index contributed by atoms with van der Waals surface area (Å²) >= 11 is 0. The molecule has 1 aliphatic rings. The number of amides is 2. The van der Waals surface area contributed by atoms with Gasteiger partial charge in [0.1, 0.15) is 0 Å². The Labute approximate surface area is 156 Å². The lowest BCUT2D eigenvalue weighted by Crippen LogP contribution is -2.44. The van der Waals surface area contributed by atoms with Crippen molar-refractivity contribution in [3.8, 4) is 0 Å². The maximum Gasteiger partial charge on any atom is 0.322 e. The zero-order valence-corrected chi connectivity index (χ0v) is 16.0. The van der Waals surface area contributed by atoms with Gasteiger partial charge in [0, 0.05) is 37.9 Å². The molecule has 0 saturated carbocycles. The van der Waals surface area contributed by atoms with Crippen LogP contribution in [0.3, 0.4) is 0 Å². The molecule has 1 heterocycles. The van der Waals surface area contributed by atoms with Crippen LogP contribution in [0.25, 0.3) is 0 Å². The fourth-order valence-electron chi connectivity index (χ4n) is 3.69. The third-order valence-electron chi connectivity index (χ3n) is 5.39. The van der Waals surface area contributed by atoms with Gasteiger partial charge in [-0.05, 0) is 49.9 Å². The summed E-state index contributed by atoms with van der Waals surface area (Å²) in [4.78, 5) is 17.3. The third-order valence-corrected chi connectivity index (χ3v) is 5.39. The van der Waals surface area contributed by atoms with Gasteiger partial charge in [0.05, 0.1) is 0 Å². The number of anilines is 1. The highest BCUT2D eigenvalue weighted by molar-refractivity contribution is 5.90. The Hall–Kier alpha value is -2.33. The summed E-state index contributed by atoms with van der Waals surface area (Å²) in [6, 6.07) is 16.9. The average Bonchev–Trinajstić information content (AvgIpc) is 3.08. The van der Waals surface area contributed by atoms with Gasteiger partial charge in [-0.25, -0.2) is 4.79 Å². The number of carbonyl (C=O) groups excluding carboxylic acids is 1. The second kappa shape index (κ2) is 8.37. The van der Waals surface area contributed by atoms with Crippen LogP contribution < -0.4 is 5.32 Å². The number of carbonyl (C=O) groups is 1. The monoisotopic (exact) mass is 351 g/mol. The highest BCUT2D eigenvalue weighted by Gasteiger charge is 2.30. The van der Waals surface area contributed by atoms with Crippen molar-refractivity contribution in [1.29, 1.82) is 0 Å². The van der Waals surface area contributed by atoms with E-state index < -0.39 is 0 Å². The van der Waals surface area contributed by atoms with Crippen LogP contribution >= 0.6 is 0 Å². The molecule has 1 saturated heterocycles. The van der Waals surface area contributed by atoms with Crippen LogP contribution in [0.15, 0.2) is 48.5 Å². The van der Waals surface area contributed by atoms with E-state index in [0.29, 0.717) is 0 Å². The molecular weight excluding hydrogens is 322 g/mol. The quantitative estimate of drug-likeness (QED) is 0.865. The van der Waals surface area contributed by atoms with Gasteiger partial charge < -0.3 is 10.2 Å². The van der Waals surface area contributed by atoms with Gasteiger partial charge in [0.15, 0.2) is 0 Å².